The van der Waals surface area contributed by atoms with E-state index >= 15 is 0 Å². The average Bonchev–Trinajstić information content (AvgIpc) is 2.93. The Hall–Kier alpha value is -2.57. The first-order valence-electron chi connectivity index (χ1n) is 8.05. The van der Waals surface area contributed by atoms with Crippen molar-refractivity contribution in [1.82, 2.24) is 4.98 Å². The van der Waals surface area contributed by atoms with Gasteiger partial charge in [-0.2, -0.15) is 0 Å². The summed E-state index contributed by atoms with van der Waals surface area (Å²) < 4.78 is 10.9. The van der Waals surface area contributed by atoms with Gasteiger partial charge in [-0.05, 0) is 26.0 Å². The van der Waals surface area contributed by atoms with Crippen molar-refractivity contribution in [3.63, 3.8) is 0 Å². The van der Waals surface area contributed by atoms with Gasteiger partial charge in [0.15, 0.2) is 6.10 Å². The lowest BCUT2D eigenvalue weighted by Crippen LogP contribution is -2.47. The molecular formula is C19H19NO5. The van der Waals surface area contributed by atoms with Gasteiger partial charge in [0, 0.05) is 21.9 Å². The van der Waals surface area contributed by atoms with E-state index in [1.54, 1.807) is 6.07 Å². The third kappa shape index (κ3) is 2.22. The van der Waals surface area contributed by atoms with Gasteiger partial charge in [-0.25, -0.2) is 4.79 Å². The third-order valence-corrected chi connectivity index (χ3v) is 4.73. The molecule has 0 radical (unpaired) electrons. The van der Waals surface area contributed by atoms with Crippen molar-refractivity contribution in [2.45, 2.75) is 31.7 Å². The summed E-state index contributed by atoms with van der Waals surface area (Å²) in [5, 5.41) is 22.8. The Morgan fingerprint density at radius 3 is 2.64 bits per heavy atom. The van der Waals surface area contributed by atoms with Crippen molar-refractivity contribution in [1.29, 1.82) is 0 Å². The van der Waals surface area contributed by atoms with Crippen molar-refractivity contribution in [3.8, 4) is 5.75 Å². The monoisotopic (exact) mass is 341 g/mol. The van der Waals surface area contributed by atoms with E-state index in [0.29, 0.717) is 16.8 Å². The van der Waals surface area contributed by atoms with E-state index in [9.17, 15) is 15.0 Å². The van der Waals surface area contributed by atoms with Gasteiger partial charge in [0.1, 0.15) is 11.9 Å². The fraction of sp³-hybridized carbons (Fsp3) is 0.316. The number of aromatic amines is 1. The van der Waals surface area contributed by atoms with Gasteiger partial charge in [-0.1, -0.05) is 18.2 Å². The van der Waals surface area contributed by atoms with E-state index in [1.807, 2.05) is 24.3 Å². The summed E-state index contributed by atoms with van der Waals surface area (Å²) in [6, 6.07) is 9.42. The summed E-state index contributed by atoms with van der Waals surface area (Å²) in [6.07, 6.45) is -2.28. The average molecular weight is 341 g/mol. The molecular weight excluding hydrogens is 322 g/mol. The van der Waals surface area contributed by atoms with Crippen LogP contribution in [0.1, 0.15) is 35.9 Å². The molecule has 1 aliphatic rings. The maximum Gasteiger partial charge on any atom is 0.339 e. The number of hydrogen-bond acceptors (Lipinski definition) is 5. The number of nitrogens with one attached hydrogen (secondary N) is 1. The van der Waals surface area contributed by atoms with Crippen LogP contribution in [0.5, 0.6) is 5.75 Å². The highest BCUT2D eigenvalue weighted by Crippen LogP contribution is 2.44. The number of cyclic esters (lactones) is 1. The predicted octanol–water partition coefficient (Wildman–Crippen LogP) is 2.67. The maximum absolute atomic E-state index is 12.5. The first kappa shape index (κ1) is 15.9. The van der Waals surface area contributed by atoms with Gasteiger partial charge in [0.2, 0.25) is 0 Å². The van der Waals surface area contributed by atoms with Crippen LogP contribution in [0.3, 0.4) is 0 Å². The van der Waals surface area contributed by atoms with Crippen LogP contribution in [-0.4, -0.2) is 40.0 Å². The van der Waals surface area contributed by atoms with Crippen molar-refractivity contribution < 1.29 is 24.5 Å². The summed E-state index contributed by atoms with van der Waals surface area (Å²) in [6.45, 7) is 2.99. The molecule has 6 heteroatoms. The number of rotatable bonds is 2. The number of hydrogen-bond donors (Lipinski definition) is 3. The first-order chi connectivity index (χ1) is 11.8. The molecule has 0 fully saturated rings. The number of ether oxygens (including phenoxy) is 2. The minimum atomic E-state index is -1.40. The summed E-state index contributed by atoms with van der Waals surface area (Å²) in [5.74, 6) is -0.194. The summed E-state index contributed by atoms with van der Waals surface area (Å²) >= 11 is 0. The number of carbonyl (C=O) groups excluding carboxylic acids is 1. The molecule has 2 atom stereocenters. The number of esters is 1. The number of para-hydroxylation sites is 1. The molecule has 2 heterocycles. The maximum atomic E-state index is 12.5. The van der Waals surface area contributed by atoms with E-state index in [2.05, 4.69) is 4.98 Å². The Labute approximate surface area is 144 Å². The molecule has 0 bridgehead atoms. The number of carbonyl (C=O) groups is 1. The number of benzene rings is 2. The molecule has 3 aromatic rings. The fourth-order valence-corrected chi connectivity index (χ4v) is 3.57. The molecule has 1 aromatic heterocycles. The number of aromatic nitrogens is 1. The Bertz CT molecular complexity index is 998. The zero-order valence-electron chi connectivity index (χ0n) is 14.2. The molecule has 1 aliphatic heterocycles. The smallest absolute Gasteiger partial charge is 0.339 e. The van der Waals surface area contributed by atoms with E-state index in [-0.39, 0.29) is 5.56 Å². The van der Waals surface area contributed by atoms with Crippen molar-refractivity contribution in [3.05, 3.63) is 41.5 Å². The zero-order chi connectivity index (χ0) is 17.9. The lowest BCUT2D eigenvalue weighted by molar-refractivity contribution is -0.121. The van der Waals surface area contributed by atoms with Gasteiger partial charge >= 0.3 is 5.97 Å². The largest absolute Gasteiger partial charge is 0.494 e. The zero-order valence-corrected chi connectivity index (χ0v) is 14.2. The van der Waals surface area contributed by atoms with E-state index in [0.717, 1.165) is 16.3 Å². The summed E-state index contributed by atoms with van der Waals surface area (Å²) in [5.41, 5.74) is 0.797. The number of H-pyrrole nitrogens is 1. The highest BCUT2D eigenvalue weighted by Gasteiger charge is 2.45. The molecule has 6 nitrogen and oxygen atoms in total. The van der Waals surface area contributed by atoms with Crippen molar-refractivity contribution in [2.75, 3.05) is 7.11 Å². The minimum Gasteiger partial charge on any atom is -0.494 e. The molecule has 0 saturated carbocycles. The SMILES string of the molecule is COc1c2c(cc3c1[nH]c1ccccc13)C(=O)OC(C(C)(C)O)C2O. The van der Waals surface area contributed by atoms with Crippen molar-refractivity contribution in [2.24, 2.45) is 0 Å². The van der Waals surface area contributed by atoms with Crippen LogP contribution in [0.25, 0.3) is 21.8 Å². The molecule has 130 valence electrons. The second-order valence-corrected chi connectivity index (χ2v) is 6.89. The number of aliphatic hydroxyl groups is 2. The lowest BCUT2D eigenvalue weighted by atomic mass is 9.86. The highest BCUT2D eigenvalue weighted by molar-refractivity contribution is 6.12. The standard InChI is InChI=1S/C19H19NO5/c1-19(2,23)17-15(21)13-11(18(22)25-17)8-10-9-6-4-5-7-12(9)20-14(10)16(13)24-3/h4-8,15,17,20-21,23H,1-3H3. The number of methoxy groups -OCH3 is 1. The fourth-order valence-electron chi connectivity index (χ4n) is 3.57. The van der Waals surface area contributed by atoms with Gasteiger partial charge in [-0.3, -0.25) is 0 Å². The van der Waals surface area contributed by atoms with E-state index < -0.39 is 23.8 Å². The van der Waals surface area contributed by atoms with Gasteiger partial charge in [0.05, 0.1) is 23.8 Å². The molecule has 2 unspecified atom stereocenters. The highest BCUT2D eigenvalue weighted by atomic mass is 16.6. The Kier molecular flexibility index (Phi) is 3.32. The summed E-state index contributed by atoms with van der Waals surface area (Å²) in [4.78, 5) is 15.8. The second-order valence-electron chi connectivity index (χ2n) is 6.89. The Morgan fingerprint density at radius 1 is 1.24 bits per heavy atom. The molecule has 0 aliphatic carbocycles. The van der Waals surface area contributed by atoms with E-state index in [1.165, 1.54) is 21.0 Å². The van der Waals surface area contributed by atoms with Gasteiger partial charge in [0.25, 0.3) is 0 Å². The van der Waals surface area contributed by atoms with Crippen LogP contribution in [-0.2, 0) is 4.74 Å². The predicted molar refractivity (Wildman–Crippen MR) is 92.8 cm³/mol. The van der Waals surface area contributed by atoms with Crippen molar-refractivity contribution >= 4 is 27.8 Å². The Morgan fingerprint density at radius 2 is 1.96 bits per heavy atom. The third-order valence-electron chi connectivity index (χ3n) is 4.73. The minimum absolute atomic E-state index is 0.252. The lowest BCUT2D eigenvalue weighted by Gasteiger charge is -2.37. The van der Waals surface area contributed by atoms with Gasteiger partial charge in [-0.15, -0.1) is 0 Å². The quantitative estimate of drug-likeness (QED) is 0.623. The molecule has 3 N–H and O–H groups in total. The van der Waals surface area contributed by atoms with Crippen LogP contribution >= 0.6 is 0 Å². The topological polar surface area (TPSA) is 91.8 Å². The van der Waals surface area contributed by atoms with Crippen LogP contribution in [0.2, 0.25) is 0 Å². The normalized spacial score (nSPS) is 20.6. The second kappa shape index (κ2) is 5.21. The van der Waals surface area contributed by atoms with Crippen LogP contribution in [0.15, 0.2) is 30.3 Å². The molecule has 4 rings (SSSR count). The van der Waals surface area contributed by atoms with Crippen LogP contribution in [0, 0.1) is 0 Å². The van der Waals surface area contributed by atoms with E-state index in [4.69, 9.17) is 9.47 Å². The molecule has 0 spiro atoms. The molecule has 0 amide bonds. The molecule has 25 heavy (non-hydrogen) atoms. The Balaban J connectivity index is 2.07. The summed E-state index contributed by atoms with van der Waals surface area (Å²) in [7, 11) is 1.49. The molecule has 0 saturated heterocycles. The first-order valence-corrected chi connectivity index (χ1v) is 8.05. The number of aliphatic hydroxyl groups excluding tert-OH is 1. The molecule has 2 aromatic carbocycles. The van der Waals surface area contributed by atoms with Crippen LogP contribution < -0.4 is 4.74 Å². The van der Waals surface area contributed by atoms with Crippen LogP contribution in [0.4, 0.5) is 0 Å². The number of fused-ring (bicyclic) bond motifs is 4. The van der Waals surface area contributed by atoms with Gasteiger partial charge < -0.3 is 24.7 Å².